The van der Waals surface area contributed by atoms with Gasteiger partial charge in [-0.25, -0.2) is 4.99 Å². The van der Waals surface area contributed by atoms with Crippen LogP contribution in [0.3, 0.4) is 0 Å². The van der Waals surface area contributed by atoms with Crippen LogP contribution in [0.25, 0.3) is 5.69 Å². The summed E-state index contributed by atoms with van der Waals surface area (Å²) in [5.41, 5.74) is 9.29. The highest BCUT2D eigenvalue weighted by molar-refractivity contribution is 6.35. The number of aromatic nitrogens is 2. The number of aryl methyl sites for hydroxylation is 1. The van der Waals surface area contributed by atoms with Crippen LogP contribution in [0.1, 0.15) is 23.0 Å². The third-order valence-corrected chi connectivity index (χ3v) is 6.59. The minimum Gasteiger partial charge on any atom is -0.438 e. The molecule has 2 heterocycles. The molecule has 0 fully saturated rings. The number of hydrogen-bond acceptors (Lipinski definition) is 5. The van der Waals surface area contributed by atoms with Crippen molar-refractivity contribution in [3.63, 3.8) is 0 Å². The molecule has 11 heteroatoms. The topological polar surface area (TPSA) is 102 Å². The minimum atomic E-state index is -0.617. The maximum Gasteiger partial charge on any atom is 0.230 e. The van der Waals surface area contributed by atoms with Gasteiger partial charge in [-0.15, -0.1) is 0 Å². The van der Waals surface area contributed by atoms with Gasteiger partial charge in [0.15, 0.2) is 18.1 Å². The van der Waals surface area contributed by atoms with Crippen LogP contribution in [0.4, 0.5) is 0 Å². The lowest BCUT2D eigenvalue weighted by atomic mass is 10.1. The van der Waals surface area contributed by atoms with Gasteiger partial charge in [-0.3, -0.25) is 10.3 Å². The molecular weight excluding hydrogens is 545 g/mol. The Morgan fingerprint density at radius 3 is 2.47 bits per heavy atom. The smallest absolute Gasteiger partial charge is 0.230 e. The molecule has 1 unspecified atom stereocenters. The van der Waals surface area contributed by atoms with Crippen molar-refractivity contribution < 1.29 is 4.74 Å². The number of benzene rings is 3. The number of rotatable bonds is 7. The van der Waals surface area contributed by atoms with Crippen LogP contribution < -0.4 is 21.1 Å². The third-order valence-electron chi connectivity index (χ3n) is 5.80. The second kappa shape index (κ2) is 11.3. The predicted octanol–water partition coefficient (Wildman–Crippen LogP) is 6.04. The molecule has 0 amide bonds. The zero-order valence-electron chi connectivity index (χ0n) is 20.3. The number of hydrogen-bond donors (Lipinski definition) is 3. The van der Waals surface area contributed by atoms with Crippen molar-refractivity contribution >= 4 is 46.7 Å². The van der Waals surface area contributed by atoms with E-state index in [1.165, 1.54) is 5.56 Å². The lowest BCUT2D eigenvalue weighted by Crippen LogP contribution is -2.50. The van der Waals surface area contributed by atoms with Crippen LogP contribution in [0, 0.1) is 6.92 Å². The molecule has 1 aliphatic heterocycles. The van der Waals surface area contributed by atoms with Crippen molar-refractivity contribution in [3.8, 4) is 17.3 Å². The van der Waals surface area contributed by atoms with Gasteiger partial charge in [-0.05, 0) is 61.4 Å². The molecule has 38 heavy (non-hydrogen) atoms. The molecule has 0 aliphatic carbocycles. The Kier molecular flexibility index (Phi) is 7.74. The van der Waals surface area contributed by atoms with E-state index in [0.717, 1.165) is 6.42 Å². The molecule has 3 aromatic carbocycles. The molecule has 0 saturated carbocycles. The molecule has 5 rings (SSSR count). The van der Waals surface area contributed by atoms with E-state index in [0.29, 0.717) is 56.1 Å². The van der Waals surface area contributed by atoms with Crippen molar-refractivity contribution in [2.24, 2.45) is 15.7 Å². The number of aliphatic imine (C=N–C) groups is 2. The Labute approximate surface area is 235 Å². The molecule has 1 atom stereocenters. The van der Waals surface area contributed by atoms with Crippen LogP contribution in [0.2, 0.25) is 15.1 Å². The molecule has 4 N–H and O–H groups in total. The number of ether oxygens (including phenoxy) is 1. The first-order chi connectivity index (χ1) is 18.4. The average Bonchev–Trinajstić information content (AvgIpc) is 3.21. The van der Waals surface area contributed by atoms with Crippen LogP contribution in [-0.4, -0.2) is 28.2 Å². The Hall–Kier alpha value is -3.72. The molecule has 1 aromatic heterocycles. The summed E-state index contributed by atoms with van der Waals surface area (Å²) in [4.78, 5) is 9.23. The molecule has 0 radical (unpaired) electrons. The first-order valence-electron chi connectivity index (χ1n) is 11.8. The summed E-state index contributed by atoms with van der Waals surface area (Å²) in [6.45, 7) is 2.43. The standard InChI is InChI=1S/C27H24Cl3N7O/c1-16-23(24-33-26(31)35-27(34-24)32-14-13-17-5-3-2-4-6-17)25(38-20-10-7-18(28)8-11-20)37(36-16)22-12-9-19(29)15-21(22)30/h2-12,15,24H,13-14H2,1H3,(H4,31,32,33,34,35). The lowest BCUT2D eigenvalue weighted by Gasteiger charge is -2.24. The fraction of sp³-hybridized carbons (Fsp3) is 0.148. The van der Waals surface area contributed by atoms with Crippen molar-refractivity contribution in [1.29, 1.82) is 0 Å². The van der Waals surface area contributed by atoms with Crippen LogP contribution in [0.15, 0.2) is 82.8 Å². The summed E-state index contributed by atoms with van der Waals surface area (Å²) in [7, 11) is 0. The van der Waals surface area contributed by atoms with Crippen molar-refractivity contribution in [3.05, 3.63) is 105 Å². The predicted molar refractivity (Wildman–Crippen MR) is 153 cm³/mol. The van der Waals surface area contributed by atoms with E-state index in [2.05, 4.69) is 32.8 Å². The third kappa shape index (κ3) is 5.88. The summed E-state index contributed by atoms with van der Waals surface area (Å²) in [5, 5.41) is 12.6. The number of guanidine groups is 2. The van der Waals surface area contributed by atoms with Gasteiger partial charge in [-0.2, -0.15) is 9.78 Å². The maximum absolute atomic E-state index is 6.55. The van der Waals surface area contributed by atoms with Crippen LogP contribution in [-0.2, 0) is 6.42 Å². The van der Waals surface area contributed by atoms with Gasteiger partial charge >= 0.3 is 0 Å². The summed E-state index contributed by atoms with van der Waals surface area (Å²) in [6, 6.07) is 22.3. The van der Waals surface area contributed by atoms with E-state index in [-0.39, 0.29) is 5.96 Å². The Morgan fingerprint density at radius 2 is 1.74 bits per heavy atom. The number of nitrogens with one attached hydrogen (secondary N) is 2. The zero-order valence-corrected chi connectivity index (χ0v) is 22.6. The number of nitrogens with zero attached hydrogens (tertiary/aromatic N) is 4. The largest absolute Gasteiger partial charge is 0.438 e. The number of nitrogens with two attached hydrogens (primary N) is 1. The van der Waals surface area contributed by atoms with Gasteiger partial charge in [0, 0.05) is 16.6 Å². The van der Waals surface area contributed by atoms with Gasteiger partial charge in [0.25, 0.3) is 0 Å². The molecule has 0 spiro atoms. The molecule has 1 aliphatic rings. The van der Waals surface area contributed by atoms with Gasteiger partial charge in [0.05, 0.1) is 22.0 Å². The van der Waals surface area contributed by atoms with Crippen molar-refractivity contribution in [2.45, 2.75) is 19.5 Å². The molecule has 8 nitrogen and oxygen atoms in total. The van der Waals surface area contributed by atoms with E-state index in [4.69, 9.17) is 50.4 Å². The SMILES string of the molecule is Cc1nn(-c2ccc(Cl)cc2Cl)c(Oc2ccc(Cl)cc2)c1C1N=C(N)NC(=NCCc2ccccc2)N1. The second-order valence-corrected chi connectivity index (χ2v) is 9.80. The minimum absolute atomic E-state index is 0.223. The fourth-order valence-corrected chi connectivity index (χ4v) is 4.63. The fourth-order valence-electron chi connectivity index (χ4n) is 4.02. The summed E-state index contributed by atoms with van der Waals surface area (Å²) in [6.07, 6.45) is 0.167. The highest BCUT2D eigenvalue weighted by Gasteiger charge is 2.30. The molecular formula is C27H24Cl3N7O. The Balaban J connectivity index is 1.51. The lowest BCUT2D eigenvalue weighted by molar-refractivity contribution is 0.432. The van der Waals surface area contributed by atoms with Gasteiger partial charge in [0.1, 0.15) is 5.75 Å². The van der Waals surface area contributed by atoms with E-state index in [1.54, 1.807) is 47.1 Å². The molecule has 4 aromatic rings. The molecule has 0 saturated heterocycles. The van der Waals surface area contributed by atoms with E-state index in [9.17, 15) is 0 Å². The quantitative estimate of drug-likeness (QED) is 0.252. The average molecular weight is 569 g/mol. The first-order valence-corrected chi connectivity index (χ1v) is 12.9. The van der Waals surface area contributed by atoms with E-state index in [1.807, 2.05) is 25.1 Å². The van der Waals surface area contributed by atoms with Crippen molar-refractivity contribution in [1.82, 2.24) is 20.4 Å². The summed E-state index contributed by atoms with van der Waals surface area (Å²) >= 11 is 18.8. The molecule has 194 valence electrons. The van der Waals surface area contributed by atoms with Gasteiger partial charge in [0.2, 0.25) is 5.88 Å². The van der Waals surface area contributed by atoms with Crippen molar-refractivity contribution in [2.75, 3.05) is 6.54 Å². The normalized spacial score (nSPS) is 16.1. The van der Waals surface area contributed by atoms with Gasteiger partial charge < -0.3 is 15.8 Å². The van der Waals surface area contributed by atoms with Gasteiger partial charge in [-0.1, -0.05) is 65.1 Å². The number of halogens is 3. The Bertz CT molecular complexity index is 1500. The van der Waals surface area contributed by atoms with E-state index >= 15 is 0 Å². The second-order valence-electron chi connectivity index (χ2n) is 8.52. The van der Waals surface area contributed by atoms with Crippen LogP contribution in [0.5, 0.6) is 11.6 Å². The highest BCUT2D eigenvalue weighted by Crippen LogP contribution is 2.38. The Morgan fingerprint density at radius 1 is 1.00 bits per heavy atom. The molecule has 0 bridgehead atoms. The zero-order chi connectivity index (χ0) is 26.6. The first kappa shape index (κ1) is 25.9. The van der Waals surface area contributed by atoms with E-state index < -0.39 is 6.17 Å². The highest BCUT2D eigenvalue weighted by atomic mass is 35.5. The van der Waals surface area contributed by atoms with Crippen LogP contribution >= 0.6 is 34.8 Å². The summed E-state index contributed by atoms with van der Waals surface area (Å²) in [5.74, 6) is 1.70. The maximum atomic E-state index is 6.55. The summed E-state index contributed by atoms with van der Waals surface area (Å²) < 4.78 is 7.98. The monoisotopic (exact) mass is 567 g/mol.